The fraction of sp³-hybridized carbons (Fsp3) is 0.963. The fourth-order valence-corrected chi connectivity index (χ4v) is 5.68. The molecule has 0 atom stereocenters. The first-order chi connectivity index (χ1) is 14.3. The standard InChI is InChI=1S/C27H52N2/c1-3-5-7-9-11-13-15-17-21-27(22-18-16-14-12-10-8-6-4-2)23-24-28-26-20-19-25-29(26)27/h3-25H2,1-2H3. The van der Waals surface area contributed by atoms with Crippen molar-refractivity contribution >= 4 is 5.84 Å². The van der Waals surface area contributed by atoms with Crippen molar-refractivity contribution in [3.8, 4) is 0 Å². The molecule has 0 amide bonds. The summed E-state index contributed by atoms with van der Waals surface area (Å²) in [5.41, 5.74) is 0.470. The van der Waals surface area contributed by atoms with Gasteiger partial charge in [-0.15, -0.1) is 0 Å². The van der Waals surface area contributed by atoms with E-state index in [2.05, 4.69) is 18.7 Å². The molecule has 2 aliphatic rings. The van der Waals surface area contributed by atoms with E-state index in [0.29, 0.717) is 5.54 Å². The van der Waals surface area contributed by atoms with Gasteiger partial charge in [-0.05, 0) is 25.7 Å². The molecule has 170 valence electrons. The normalized spacial score (nSPS) is 18.1. The molecule has 0 saturated carbocycles. The van der Waals surface area contributed by atoms with Crippen LogP contribution in [0.25, 0.3) is 0 Å². The Morgan fingerprint density at radius 2 is 1.17 bits per heavy atom. The maximum absolute atomic E-state index is 4.90. The zero-order valence-electron chi connectivity index (χ0n) is 20.2. The Balaban J connectivity index is 1.70. The molecule has 2 rings (SSSR count). The molecule has 2 heteroatoms. The first-order valence-electron chi connectivity index (χ1n) is 13.6. The summed E-state index contributed by atoms with van der Waals surface area (Å²) in [6.45, 7) is 7.00. The molecule has 1 fully saturated rings. The van der Waals surface area contributed by atoms with E-state index in [1.54, 1.807) is 0 Å². The number of hydrogen-bond acceptors (Lipinski definition) is 2. The summed E-state index contributed by atoms with van der Waals surface area (Å²) in [5, 5.41) is 0. The molecule has 0 aromatic rings. The van der Waals surface area contributed by atoms with Crippen LogP contribution in [0, 0.1) is 0 Å². The number of amidine groups is 1. The number of fused-ring (bicyclic) bond motifs is 1. The molecule has 0 radical (unpaired) electrons. The molecule has 0 aromatic carbocycles. The second-order valence-electron chi connectivity index (χ2n) is 9.98. The predicted molar refractivity (Wildman–Crippen MR) is 130 cm³/mol. The van der Waals surface area contributed by atoms with Gasteiger partial charge in [0, 0.05) is 25.0 Å². The van der Waals surface area contributed by atoms with Crippen LogP contribution in [0.4, 0.5) is 0 Å². The highest BCUT2D eigenvalue weighted by atomic mass is 15.3. The van der Waals surface area contributed by atoms with Crippen molar-refractivity contribution in [3.05, 3.63) is 0 Å². The van der Waals surface area contributed by atoms with Crippen molar-refractivity contribution in [2.24, 2.45) is 4.99 Å². The van der Waals surface area contributed by atoms with Gasteiger partial charge in [-0.3, -0.25) is 4.99 Å². The third kappa shape index (κ3) is 9.01. The van der Waals surface area contributed by atoms with Crippen LogP contribution < -0.4 is 0 Å². The molecule has 2 heterocycles. The summed E-state index contributed by atoms with van der Waals surface area (Å²) < 4.78 is 0. The highest BCUT2D eigenvalue weighted by Crippen LogP contribution is 2.38. The van der Waals surface area contributed by atoms with Gasteiger partial charge in [0.05, 0.1) is 5.84 Å². The maximum Gasteiger partial charge on any atom is 0.0994 e. The molecule has 0 N–H and O–H groups in total. The Morgan fingerprint density at radius 3 is 1.69 bits per heavy atom. The highest BCUT2D eigenvalue weighted by Gasteiger charge is 2.41. The Kier molecular flexibility index (Phi) is 13.0. The second-order valence-corrected chi connectivity index (χ2v) is 9.98. The Morgan fingerprint density at radius 1 is 0.690 bits per heavy atom. The molecular weight excluding hydrogens is 352 g/mol. The number of hydrogen-bond donors (Lipinski definition) is 0. The topological polar surface area (TPSA) is 15.6 Å². The molecule has 0 unspecified atom stereocenters. The van der Waals surface area contributed by atoms with E-state index in [4.69, 9.17) is 4.99 Å². The van der Waals surface area contributed by atoms with Crippen molar-refractivity contribution in [2.75, 3.05) is 13.1 Å². The average molecular weight is 405 g/mol. The average Bonchev–Trinajstić information content (AvgIpc) is 3.22. The smallest absolute Gasteiger partial charge is 0.0994 e. The van der Waals surface area contributed by atoms with Crippen LogP contribution in [-0.2, 0) is 0 Å². The van der Waals surface area contributed by atoms with E-state index in [9.17, 15) is 0 Å². The monoisotopic (exact) mass is 404 g/mol. The number of rotatable bonds is 18. The molecule has 1 saturated heterocycles. The highest BCUT2D eigenvalue weighted by molar-refractivity contribution is 5.85. The van der Waals surface area contributed by atoms with Gasteiger partial charge in [0.15, 0.2) is 0 Å². The number of unbranched alkanes of at least 4 members (excludes halogenated alkanes) is 14. The number of aliphatic imine (C=N–C) groups is 1. The molecule has 2 aliphatic heterocycles. The molecule has 0 bridgehead atoms. The van der Waals surface area contributed by atoms with Gasteiger partial charge < -0.3 is 4.90 Å². The minimum Gasteiger partial charge on any atom is -0.355 e. The van der Waals surface area contributed by atoms with Crippen LogP contribution in [0.2, 0.25) is 0 Å². The molecular formula is C27H52N2. The van der Waals surface area contributed by atoms with Crippen LogP contribution in [-0.4, -0.2) is 29.4 Å². The van der Waals surface area contributed by atoms with Gasteiger partial charge in [0.25, 0.3) is 0 Å². The first-order valence-corrected chi connectivity index (χ1v) is 13.6. The van der Waals surface area contributed by atoms with Crippen LogP contribution in [0.5, 0.6) is 0 Å². The van der Waals surface area contributed by atoms with Crippen LogP contribution in [0.3, 0.4) is 0 Å². The lowest BCUT2D eigenvalue weighted by atomic mass is 9.81. The van der Waals surface area contributed by atoms with E-state index < -0.39 is 0 Å². The van der Waals surface area contributed by atoms with Crippen molar-refractivity contribution in [1.82, 2.24) is 4.90 Å². The van der Waals surface area contributed by atoms with E-state index in [1.807, 2.05) is 0 Å². The molecule has 0 aliphatic carbocycles. The Labute approximate surface area is 183 Å². The Bertz CT molecular complexity index is 408. The lowest BCUT2D eigenvalue weighted by molar-refractivity contribution is 0.128. The van der Waals surface area contributed by atoms with Crippen molar-refractivity contribution in [2.45, 2.75) is 154 Å². The lowest BCUT2D eigenvalue weighted by Crippen LogP contribution is -2.52. The van der Waals surface area contributed by atoms with E-state index in [1.165, 1.54) is 147 Å². The minimum absolute atomic E-state index is 0.470. The Hall–Kier alpha value is -0.530. The number of nitrogens with zero attached hydrogens (tertiary/aromatic N) is 2. The third-order valence-electron chi connectivity index (χ3n) is 7.53. The summed E-state index contributed by atoms with van der Waals surface area (Å²) in [7, 11) is 0. The zero-order chi connectivity index (χ0) is 20.6. The van der Waals surface area contributed by atoms with Gasteiger partial charge in [-0.25, -0.2) is 0 Å². The van der Waals surface area contributed by atoms with Crippen LogP contribution >= 0.6 is 0 Å². The van der Waals surface area contributed by atoms with Crippen molar-refractivity contribution in [1.29, 1.82) is 0 Å². The summed E-state index contributed by atoms with van der Waals surface area (Å²) in [5.74, 6) is 1.47. The van der Waals surface area contributed by atoms with Gasteiger partial charge in [-0.2, -0.15) is 0 Å². The predicted octanol–water partition coefficient (Wildman–Crippen LogP) is 8.68. The second kappa shape index (κ2) is 15.3. The summed E-state index contributed by atoms with van der Waals surface area (Å²) in [4.78, 5) is 7.69. The SMILES string of the molecule is CCCCCCCCCCC1(CCCCCCCCCC)CCN=C2CCCN21. The van der Waals surface area contributed by atoms with Gasteiger partial charge in [0.1, 0.15) is 0 Å². The summed E-state index contributed by atoms with van der Waals surface area (Å²) in [6.07, 6.45) is 29.8. The third-order valence-corrected chi connectivity index (χ3v) is 7.53. The quantitative estimate of drug-likeness (QED) is 0.209. The fourth-order valence-electron chi connectivity index (χ4n) is 5.68. The van der Waals surface area contributed by atoms with Crippen molar-refractivity contribution in [3.63, 3.8) is 0 Å². The molecule has 29 heavy (non-hydrogen) atoms. The summed E-state index contributed by atoms with van der Waals surface area (Å²) >= 11 is 0. The van der Waals surface area contributed by atoms with Crippen molar-refractivity contribution < 1.29 is 0 Å². The molecule has 0 spiro atoms. The van der Waals surface area contributed by atoms with E-state index >= 15 is 0 Å². The molecule has 2 nitrogen and oxygen atoms in total. The van der Waals surface area contributed by atoms with Gasteiger partial charge in [0.2, 0.25) is 0 Å². The summed E-state index contributed by atoms with van der Waals surface area (Å²) in [6, 6.07) is 0. The lowest BCUT2D eigenvalue weighted by Gasteiger charge is -2.46. The van der Waals surface area contributed by atoms with E-state index in [0.717, 1.165) is 6.54 Å². The van der Waals surface area contributed by atoms with E-state index in [-0.39, 0.29) is 0 Å². The van der Waals surface area contributed by atoms with Crippen LogP contribution in [0.15, 0.2) is 4.99 Å². The largest absolute Gasteiger partial charge is 0.355 e. The van der Waals surface area contributed by atoms with Crippen LogP contribution in [0.1, 0.15) is 149 Å². The van der Waals surface area contributed by atoms with Gasteiger partial charge >= 0.3 is 0 Å². The molecule has 0 aromatic heterocycles. The first kappa shape index (κ1) is 24.7. The minimum atomic E-state index is 0.470. The zero-order valence-corrected chi connectivity index (χ0v) is 20.2. The van der Waals surface area contributed by atoms with Gasteiger partial charge in [-0.1, -0.05) is 117 Å². The maximum atomic E-state index is 4.90.